The van der Waals surface area contributed by atoms with E-state index in [2.05, 4.69) is 30.9 Å². The number of rotatable bonds is 1. The molecule has 0 amide bonds. The minimum atomic E-state index is 0.276. The van der Waals surface area contributed by atoms with Crippen LogP contribution in [0.1, 0.15) is 26.5 Å². The highest BCUT2D eigenvalue weighted by atomic mass is 15.2. The first-order chi connectivity index (χ1) is 6.54. The van der Waals surface area contributed by atoms with E-state index in [4.69, 9.17) is 0 Å². The molecule has 0 N–H and O–H groups in total. The van der Waals surface area contributed by atoms with Crippen molar-refractivity contribution < 1.29 is 0 Å². The molecule has 2 aromatic rings. The van der Waals surface area contributed by atoms with Crippen LogP contribution < -0.4 is 0 Å². The lowest BCUT2D eigenvalue weighted by atomic mass is 9.91. The van der Waals surface area contributed by atoms with Gasteiger partial charge in [0.05, 0.1) is 11.9 Å². The van der Waals surface area contributed by atoms with Gasteiger partial charge in [0.1, 0.15) is 0 Å². The normalized spacial score (nSPS) is 12.2. The molecule has 0 aliphatic heterocycles. The van der Waals surface area contributed by atoms with Crippen molar-refractivity contribution in [3.05, 3.63) is 30.2 Å². The lowest BCUT2D eigenvalue weighted by molar-refractivity contribution is 0.407. The Morgan fingerprint density at radius 3 is 2.79 bits per heavy atom. The second-order valence-corrected chi connectivity index (χ2v) is 4.80. The van der Waals surface area contributed by atoms with Crippen molar-refractivity contribution >= 4 is 5.65 Å². The van der Waals surface area contributed by atoms with Gasteiger partial charge in [-0.25, -0.2) is 9.50 Å². The van der Waals surface area contributed by atoms with Gasteiger partial charge in [-0.05, 0) is 24.0 Å². The summed E-state index contributed by atoms with van der Waals surface area (Å²) in [4.78, 5) is 4.50. The van der Waals surface area contributed by atoms with E-state index in [0.717, 1.165) is 17.8 Å². The fourth-order valence-corrected chi connectivity index (χ4v) is 1.51. The first-order valence-corrected chi connectivity index (χ1v) is 4.84. The van der Waals surface area contributed by atoms with E-state index in [9.17, 15) is 0 Å². The number of imidazole rings is 1. The smallest absolute Gasteiger partial charge is 0.153 e. The van der Waals surface area contributed by atoms with E-state index in [1.165, 1.54) is 0 Å². The van der Waals surface area contributed by atoms with Gasteiger partial charge < -0.3 is 0 Å². The largest absolute Gasteiger partial charge is 0.232 e. The highest BCUT2D eigenvalue weighted by molar-refractivity contribution is 5.37. The Kier molecular flexibility index (Phi) is 2.02. The van der Waals surface area contributed by atoms with Crippen LogP contribution in [0.2, 0.25) is 0 Å². The Morgan fingerprint density at radius 2 is 2.14 bits per heavy atom. The summed E-state index contributed by atoms with van der Waals surface area (Å²) in [7, 11) is 0. The molecule has 0 spiro atoms. The molecule has 74 valence electrons. The Balaban J connectivity index is 2.36. The molecule has 0 saturated heterocycles. The Morgan fingerprint density at radius 1 is 1.36 bits per heavy atom. The maximum atomic E-state index is 4.50. The van der Waals surface area contributed by atoms with Gasteiger partial charge >= 0.3 is 0 Å². The summed E-state index contributed by atoms with van der Waals surface area (Å²) < 4.78 is 1.82. The quantitative estimate of drug-likeness (QED) is 0.689. The molecule has 0 fully saturated rings. The van der Waals surface area contributed by atoms with Crippen LogP contribution in [0.3, 0.4) is 0 Å². The first kappa shape index (κ1) is 9.19. The zero-order chi connectivity index (χ0) is 10.2. The summed E-state index contributed by atoms with van der Waals surface area (Å²) in [5, 5.41) is 4.19. The molecule has 0 aromatic carbocycles. The van der Waals surface area contributed by atoms with Gasteiger partial charge in [0.25, 0.3) is 0 Å². The molecule has 2 heterocycles. The van der Waals surface area contributed by atoms with Crippen LogP contribution in [0, 0.1) is 5.41 Å². The van der Waals surface area contributed by atoms with Gasteiger partial charge in [-0.3, -0.25) is 0 Å². The summed E-state index contributed by atoms with van der Waals surface area (Å²) in [6.45, 7) is 6.64. The van der Waals surface area contributed by atoms with E-state index >= 15 is 0 Å². The molecule has 2 rings (SSSR count). The molecule has 0 aliphatic rings. The predicted octanol–water partition coefficient (Wildman–Crippen LogP) is 2.32. The van der Waals surface area contributed by atoms with Gasteiger partial charge in [-0.15, -0.1) is 0 Å². The van der Waals surface area contributed by atoms with Crippen molar-refractivity contribution in [2.45, 2.75) is 27.2 Å². The van der Waals surface area contributed by atoms with E-state index in [-0.39, 0.29) is 5.41 Å². The van der Waals surface area contributed by atoms with Crippen molar-refractivity contribution in [3.63, 3.8) is 0 Å². The third kappa shape index (κ3) is 1.92. The summed E-state index contributed by atoms with van der Waals surface area (Å²) in [6, 6.07) is 3.88. The molecule has 0 radical (unpaired) electrons. The monoisotopic (exact) mass is 189 g/mol. The van der Waals surface area contributed by atoms with Gasteiger partial charge in [0, 0.05) is 6.20 Å². The van der Waals surface area contributed by atoms with E-state index < -0.39 is 0 Å². The van der Waals surface area contributed by atoms with Crippen LogP contribution in [0.5, 0.6) is 0 Å². The van der Waals surface area contributed by atoms with E-state index in [1.54, 1.807) is 6.20 Å². The molecular weight excluding hydrogens is 174 g/mol. The first-order valence-electron chi connectivity index (χ1n) is 4.84. The van der Waals surface area contributed by atoms with E-state index in [0.29, 0.717) is 0 Å². The Labute approximate surface area is 83.8 Å². The summed E-state index contributed by atoms with van der Waals surface area (Å²) in [6.07, 6.45) is 4.76. The zero-order valence-electron chi connectivity index (χ0n) is 8.86. The van der Waals surface area contributed by atoms with Crippen LogP contribution in [0.15, 0.2) is 24.5 Å². The molecular formula is C11H15N3. The average molecular weight is 189 g/mol. The van der Waals surface area contributed by atoms with Crippen molar-refractivity contribution in [1.82, 2.24) is 14.6 Å². The minimum Gasteiger partial charge on any atom is -0.232 e. The van der Waals surface area contributed by atoms with Crippen LogP contribution in [-0.2, 0) is 6.42 Å². The summed E-state index contributed by atoms with van der Waals surface area (Å²) in [5.74, 6) is 0. The summed E-state index contributed by atoms with van der Waals surface area (Å²) >= 11 is 0. The fourth-order valence-electron chi connectivity index (χ4n) is 1.51. The fraction of sp³-hybridized carbons (Fsp3) is 0.455. The van der Waals surface area contributed by atoms with Crippen LogP contribution in [0.25, 0.3) is 5.65 Å². The minimum absolute atomic E-state index is 0.276. The van der Waals surface area contributed by atoms with Crippen molar-refractivity contribution in [3.8, 4) is 0 Å². The van der Waals surface area contributed by atoms with Gasteiger partial charge in [-0.2, -0.15) is 5.10 Å². The number of aromatic nitrogens is 3. The molecule has 0 aliphatic carbocycles. The van der Waals surface area contributed by atoms with Crippen molar-refractivity contribution in [2.75, 3.05) is 0 Å². The molecule has 2 aromatic heterocycles. The molecule has 0 unspecified atom stereocenters. The maximum absolute atomic E-state index is 4.50. The lowest BCUT2D eigenvalue weighted by Gasteiger charge is -2.15. The molecule has 0 saturated carbocycles. The Hall–Kier alpha value is -1.38. The molecule has 3 nitrogen and oxygen atoms in total. The zero-order valence-corrected chi connectivity index (χ0v) is 8.86. The number of hydrogen-bond acceptors (Lipinski definition) is 2. The topological polar surface area (TPSA) is 30.2 Å². The van der Waals surface area contributed by atoms with Crippen LogP contribution >= 0.6 is 0 Å². The molecule has 0 atom stereocenters. The van der Waals surface area contributed by atoms with Crippen molar-refractivity contribution in [2.24, 2.45) is 5.41 Å². The van der Waals surface area contributed by atoms with Crippen molar-refractivity contribution in [1.29, 1.82) is 0 Å². The van der Waals surface area contributed by atoms with Gasteiger partial charge in [0.15, 0.2) is 5.65 Å². The average Bonchev–Trinajstić information content (AvgIpc) is 2.42. The molecule has 14 heavy (non-hydrogen) atoms. The van der Waals surface area contributed by atoms with Crippen LogP contribution in [0.4, 0.5) is 0 Å². The van der Waals surface area contributed by atoms with Crippen LogP contribution in [-0.4, -0.2) is 14.6 Å². The highest BCUT2D eigenvalue weighted by Crippen LogP contribution is 2.19. The molecule has 3 heteroatoms. The third-order valence-electron chi connectivity index (χ3n) is 2.00. The maximum Gasteiger partial charge on any atom is 0.153 e. The Bertz CT molecular complexity index is 404. The van der Waals surface area contributed by atoms with E-state index in [1.807, 2.05) is 22.8 Å². The standard InChI is InChI=1S/C11H15N3/c1-11(2,3)7-9-8-14-10(13-9)5-4-6-12-14/h4-6,8H,7H2,1-3H3. The number of nitrogens with zero attached hydrogens (tertiary/aromatic N) is 3. The van der Waals surface area contributed by atoms with Gasteiger partial charge in [-0.1, -0.05) is 20.8 Å². The summed E-state index contributed by atoms with van der Waals surface area (Å²) in [5.41, 5.74) is 2.31. The number of fused-ring (bicyclic) bond motifs is 1. The van der Waals surface area contributed by atoms with Gasteiger partial charge in [0.2, 0.25) is 0 Å². The highest BCUT2D eigenvalue weighted by Gasteiger charge is 2.13. The SMILES string of the molecule is CC(C)(C)Cc1cn2ncccc2n1. The second kappa shape index (κ2) is 3.08. The second-order valence-electron chi connectivity index (χ2n) is 4.80. The lowest BCUT2D eigenvalue weighted by Crippen LogP contribution is -2.09. The third-order valence-corrected chi connectivity index (χ3v) is 2.00. The number of hydrogen-bond donors (Lipinski definition) is 0. The predicted molar refractivity (Wildman–Crippen MR) is 56.1 cm³/mol. The molecule has 0 bridgehead atoms.